The molecule has 0 amide bonds. The van der Waals surface area contributed by atoms with Crippen molar-refractivity contribution in [2.24, 2.45) is 0 Å². The van der Waals surface area contributed by atoms with Gasteiger partial charge in [-0.15, -0.1) is 0 Å². The van der Waals surface area contributed by atoms with Gasteiger partial charge in [-0.05, 0) is 47.9 Å². The molecule has 0 bridgehead atoms. The van der Waals surface area contributed by atoms with Gasteiger partial charge in [0.1, 0.15) is 5.82 Å². The highest BCUT2D eigenvalue weighted by Gasteiger charge is 2.12. The lowest BCUT2D eigenvalue weighted by atomic mass is 9.99. The Morgan fingerprint density at radius 1 is 1.03 bits per heavy atom. The van der Waals surface area contributed by atoms with Crippen LogP contribution in [0.5, 0.6) is 0 Å². The molecule has 0 radical (unpaired) electrons. The van der Waals surface area contributed by atoms with Crippen LogP contribution in [0.3, 0.4) is 0 Å². The van der Waals surface area contributed by atoms with Gasteiger partial charge in [0.05, 0.1) is 0 Å². The zero-order chi connectivity index (χ0) is 22.3. The molecule has 4 N–H and O–H groups in total. The van der Waals surface area contributed by atoms with Crippen LogP contribution in [0.25, 0.3) is 22.3 Å². The standard InChI is InChI=1S/C25H33N7/c1-31(2)22-9-4-7-20(17-22)19-6-3-8-21(16-19)23-18-29-25(26)30-24(23)28-10-5-13-32-14-11-27-12-15-32/h3-4,6-9,16-18,27H,5,10-15H2,1-2H3,(H3,26,28,29,30). The summed E-state index contributed by atoms with van der Waals surface area (Å²) in [5.41, 5.74) is 11.5. The van der Waals surface area contributed by atoms with Gasteiger partial charge >= 0.3 is 0 Å². The number of nitrogens with two attached hydrogens (primary N) is 1. The summed E-state index contributed by atoms with van der Waals surface area (Å²) in [7, 11) is 4.11. The highest BCUT2D eigenvalue weighted by Crippen LogP contribution is 2.31. The number of piperazine rings is 1. The molecular weight excluding hydrogens is 398 g/mol. The van der Waals surface area contributed by atoms with E-state index in [0.29, 0.717) is 0 Å². The van der Waals surface area contributed by atoms with E-state index in [4.69, 9.17) is 5.73 Å². The number of nitrogens with zero attached hydrogens (tertiary/aromatic N) is 4. The van der Waals surface area contributed by atoms with Crippen LogP contribution in [0.4, 0.5) is 17.5 Å². The van der Waals surface area contributed by atoms with Crippen LogP contribution in [-0.2, 0) is 0 Å². The summed E-state index contributed by atoms with van der Waals surface area (Å²) in [6, 6.07) is 17.1. The minimum atomic E-state index is 0.285. The van der Waals surface area contributed by atoms with Crippen LogP contribution < -0.4 is 21.3 Å². The van der Waals surface area contributed by atoms with Gasteiger partial charge in [-0.25, -0.2) is 4.98 Å². The van der Waals surface area contributed by atoms with Crippen molar-refractivity contribution in [2.45, 2.75) is 6.42 Å². The van der Waals surface area contributed by atoms with Crippen LogP contribution in [0.15, 0.2) is 54.7 Å². The van der Waals surface area contributed by atoms with Crippen molar-refractivity contribution in [3.63, 3.8) is 0 Å². The van der Waals surface area contributed by atoms with Crippen LogP contribution in [-0.4, -0.2) is 68.2 Å². The minimum absolute atomic E-state index is 0.285. The number of benzene rings is 2. The summed E-state index contributed by atoms with van der Waals surface area (Å²) in [6.45, 7) is 6.32. The molecule has 0 unspecified atom stereocenters. The van der Waals surface area contributed by atoms with Crippen molar-refractivity contribution in [2.75, 3.05) is 69.3 Å². The number of hydrogen-bond donors (Lipinski definition) is 3. The van der Waals surface area contributed by atoms with Crippen molar-refractivity contribution in [1.82, 2.24) is 20.2 Å². The first kappa shape index (κ1) is 22.0. The van der Waals surface area contributed by atoms with Crippen LogP contribution in [0.2, 0.25) is 0 Å². The number of nitrogens with one attached hydrogen (secondary N) is 2. The fourth-order valence-electron chi connectivity index (χ4n) is 4.02. The quantitative estimate of drug-likeness (QED) is 0.473. The van der Waals surface area contributed by atoms with Gasteiger partial charge in [-0.3, -0.25) is 0 Å². The molecule has 2 heterocycles. The molecule has 3 aromatic rings. The minimum Gasteiger partial charge on any atom is -0.378 e. The lowest BCUT2D eigenvalue weighted by Crippen LogP contribution is -2.44. The SMILES string of the molecule is CN(C)c1cccc(-c2cccc(-c3cnc(N)nc3NCCCN3CCNCC3)c2)c1. The smallest absolute Gasteiger partial charge is 0.221 e. The third kappa shape index (κ3) is 5.55. The molecule has 0 saturated carbocycles. The molecule has 1 saturated heterocycles. The molecule has 1 aliphatic rings. The topological polar surface area (TPSA) is 82.3 Å². The maximum Gasteiger partial charge on any atom is 0.221 e. The Balaban J connectivity index is 1.51. The van der Waals surface area contributed by atoms with E-state index in [1.54, 1.807) is 0 Å². The van der Waals surface area contributed by atoms with Gasteiger partial charge in [0.2, 0.25) is 5.95 Å². The molecule has 0 atom stereocenters. The maximum absolute atomic E-state index is 5.91. The van der Waals surface area contributed by atoms with Gasteiger partial charge in [-0.1, -0.05) is 30.3 Å². The van der Waals surface area contributed by atoms with Gasteiger partial charge in [0.25, 0.3) is 0 Å². The molecule has 7 nitrogen and oxygen atoms in total. The lowest BCUT2D eigenvalue weighted by Gasteiger charge is -2.27. The lowest BCUT2D eigenvalue weighted by molar-refractivity contribution is 0.240. The molecule has 32 heavy (non-hydrogen) atoms. The predicted octanol–water partition coefficient (Wildman–Crippen LogP) is 3.17. The summed E-state index contributed by atoms with van der Waals surface area (Å²) < 4.78 is 0. The third-order valence-electron chi connectivity index (χ3n) is 5.83. The van der Waals surface area contributed by atoms with Crippen LogP contribution in [0, 0.1) is 0 Å². The number of aromatic nitrogens is 2. The summed E-state index contributed by atoms with van der Waals surface area (Å²) in [6.07, 6.45) is 2.87. The van der Waals surface area contributed by atoms with Crippen LogP contribution in [0.1, 0.15) is 6.42 Å². The second kappa shape index (κ2) is 10.4. The van der Waals surface area contributed by atoms with Crippen molar-refractivity contribution in [1.29, 1.82) is 0 Å². The van der Waals surface area contributed by atoms with E-state index in [9.17, 15) is 0 Å². The molecule has 0 spiro atoms. The van der Waals surface area contributed by atoms with E-state index >= 15 is 0 Å². The van der Waals surface area contributed by atoms with E-state index in [1.807, 2.05) is 6.20 Å². The first-order valence-corrected chi connectivity index (χ1v) is 11.3. The normalized spacial score (nSPS) is 14.3. The average molecular weight is 432 g/mol. The highest BCUT2D eigenvalue weighted by molar-refractivity contribution is 5.80. The second-order valence-corrected chi connectivity index (χ2v) is 8.39. The second-order valence-electron chi connectivity index (χ2n) is 8.39. The average Bonchev–Trinajstić information content (AvgIpc) is 2.83. The van der Waals surface area contributed by atoms with E-state index < -0.39 is 0 Å². The summed E-state index contributed by atoms with van der Waals surface area (Å²) in [4.78, 5) is 13.4. The molecule has 0 aliphatic carbocycles. The van der Waals surface area contributed by atoms with E-state index in [-0.39, 0.29) is 5.95 Å². The summed E-state index contributed by atoms with van der Waals surface area (Å²) in [5, 5.41) is 6.89. The summed E-state index contributed by atoms with van der Waals surface area (Å²) >= 11 is 0. The molecule has 7 heteroatoms. The largest absolute Gasteiger partial charge is 0.378 e. The Bertz CT molecular complexity index is 1030. The maximum atomic E-state index is 5.91. The molecule has 1 aromatic heterocycles. The van der Waals surface area contributed by atoms with Gasteiger partial charge in [0.15, 0.2) is 0 Å². The van der Waals surface area contributed by atoms with Gasteiger partial charge < -0.3 is 26.2 Å². The fourth-order valence-corrected chi connectivity index (χ4v) is 4.02. The Morgan fingerprint density at radius 3 is 2.53 bits per heavy atom. The zero-order valence-electron chi connectivity index (χ0n) is 19.0. The Kier molecular flexibility index (Phi) is 7.19. The number of rotatable bonds is 8. The third-order valence-corrected chi connectivity index (χ3v) is 5.83. The molecule has 1 fully saturated rings. The van der Waals surface area contributed by atoms with E-state index in [0.717, 1.165) is 68.2 Å². The first-order valence-electron chi connectivity index (χ1n) is 11.3. The molecule has 1 aliphatic heterocycles. The number of nitrogen functional groups attached to an aromatic ring is 1. The summed E-state index contributed by atoms with van der Waals surface area (Å²) in [5.74, 6) is 1.07. The van der Waals surface area contributed by atoms with E-state index in [2.05, 4.69) is 93.0 Å². The Hall–Kier alpha value is -3.16. The van der Waals surface area contributed by atoms with Crippen molar-refractivity contribution < 1.29 is 0 Å². The molecule has 2 aromatic carbocycles. The predicted molar refractivity (Wildman–Crippen MR) is 134 cm³/mol. The number of anilines is 3. The molecular formula is C25H33N7. The monoisotopic (exact) mass is 431 g/mol. The first-order chi connectivity index (χ1) is 15.6. The van der Waals surface area contributed by atoms with Crippen molar-refractivity contribution >= 4 is 17.5 Å². The van der Waals surface area contributed by atoms with Crippen LogP contribution >= 0.6 is 0 Å². The fraction of sp³-hybridized carbons (Fsp3) is 0.360. The van der Waals surface area contributed by atoms with Crippen molar-refractivity contribution in [3.8, 4) is 22.3 Å². The van der Waals surface area contributed by atoms with Gasteiger partial charge in [0, 0.05) is 64.3 Å². The molecule has 4 rings (SSSR count). The highest BCUT2D eigenvalue weighted by atomic mass is 15.2. The van der Waals surface area contributed by atoms with E-state index in [1.165, 1.54) is 11.3 Å². The Morgan fingerprint density at radius 2 is 1.75 bits per heavy atom. The molecule has 168 valence electrons. The van der Waals surface area contributed by atoms with Crippen molar-refractivity contribution in [3.05, 3.63) is 54.7 Å². The van der Waals surface area contributed by atoms with Gasteiger partial charge in [-0.2, -0.15) is 4.98 Å². The zero-order valence-corrected chi connectivity index (χ0v) is 19.0. The number of hydrogen-bond acceptors (Lipinski definition) is 7. The Labute approximate surface area is 190 Å².